The van der Waals surface area contributed by atoms with Crippen molar-refractivity contribution < 1.29 is 4.55 Å². The molecule has 0 aliphatic carbocycles. The molecule has 0 amide bonds. The summed E-state index contributed by atoms with van der Waals surface area (Å²) in [4.78, 5) is 1.28. The Hall–Kier alpha value is -1.65. The smallest absolute Gasteiger partial charge is 0.183 e. The summed E-state index contributed by atoms with van der Waals surface area (Å²) in [6, 6.07) is 14.4. The third-order valence-electron chi connectivity index (χ3n) is 2.26. The molecule has 0 spiro atoms. The lowest BCUT2D eigenvalue weighted by Gasteiger charge is -2.12. The molecule has 4 heteroatoms. The highest BCUT2D eigenvalue weighted by atomic mass is 32.2. The molecule has 4 N–H and O–H groups in total. The number of nitrogens with two attached hydrogens (primary N) is 2. The summed E-state index contributed by atoms with van der Waals surface area (Å²) in [7, 11) is 0. The summed E-state index contributed by atoms with van der Waals surface area (Å²) in [5, 5.41) is 0. The van der Waals surface area contributed by atoms with E-state index in [9.17, 15) is 4.55 Å². The van der Waals surface area contributed by atoms with Gasteiger partial charge >= 0.3 is 0 Å². The Kier molecular flexibility index (Phi) is 3.03. The zero-order valence-electron chi connectivity index (χ0n) is 8.59. The van der Waals surface area contributed by atoms with E-state index in [1.807, 2.05) is 18.2 Å². The molecule has 0 saturated carbocycles. The van der Waals surface area contributed by atoms with Crippen LogP contribution >= 0.6 is 0 Å². The van der Waals surface area contributed by atoms with Crippen molar-refractivity contribution in [3.63, 3.8) is 0 Å². The third-order valence-corrected chi connectivity index (χ3v) is 3.71. The van der Waals surface area contributed by atoms with Crippen LogP contribution in [0.2, 0.25) is 0 Å². The monoisotopic (exact) mass is 232 g/mol. The summed E-state index contributed by atoms with van der Waals surface area (Å²) in [6.07, 6.45) is 0. The molecule has 2 aromatic rings. The van der Waals surface area contributed by atoms with E-state index in [0.29, 0.717) is 16.3 Å². The minimum absolute atomic E-state index is 0.393. The van der Waals surface area contributed by atoms with Gasteiger partial charge in [-0.3, -0.25) is 0 Å². The van der Waals surface area contributed by atoms with Gasteiger partial charge in [-0.2, -0.15) is 0 Å². The second kappa shape index (κ2) is 4.47. The maximum atomic E-state index is 12.2. The van der Waals surface area contributed by atoms with Crippen LogP contribution in [0.4, 0.5) is 11.4 Å². The number of hydrogen-bond donors (Lipinski definition) is 2. The van der Waals surface area contributed by atoms with Gasteiger partial charge in [0.15, 0.2) is 9.79 Å². The van der Waals surface area contributed by atoms with E-state index in [4.69, 9.17) is 11.5 Å². The highest BCUT2D eigenvalue weighted by molar-refractivity contribution is 7.91. The molecule has 82 valence electrons. The molecule has 0 heterocycles. The number of para-hydroxylation sites is 1. The van der Waals surface area contributed by atoms with Gasteiger partial charge in [0.05, 0.1) is 5.69 Å². The maximum absolute atomic E-state index is 12.2. The summed E-state index contributed by atoms with van der Waals surface area (Å²) < 4.78 is 12.2. The normalized spacial score (nSPS) is 12.3. The van der Waals surface area contributed by atoms with Crippen LogP contribution in [-0.4, -0.2) is 4.55 Å². The van der Waals surface area contributed by atoms with Gasteiger partial charge in [-0.25, -0.2) is 0 Å². The molecular weight excluding hydrogens is 220 g/mol. The Morgan fingerprint density at radius 2 is 1.56 bits per heavy atom. The van der Waals surface area contributed by atoms with E-state index in [0.717, 1.165) is 4.90 Å². The van der Waals surface area contributed by atoms with E-state index in [1.165, 1.54) is 0 Å². The molecule has 0 aliphatic rings. The SMILES string of the molecule is Nc1cccc([S+]([O-])c2ccccc2)c1N. The quantitative estimate of drug-likeness (QED) is 0.614. The zero-order chi connectivity index (χ0) is 11.5. The second-order valence-corrected chi connectivity index (χ2v) is 4.79. The van der Waals surface area contributed by atoms with Gasteiger partial charge in [0, 0.05) is 11.2 Å². The van der Waals surface area contributed by atoms with Crippen LogP contribution in [0.5, 0.6) is 0 Å². The first-order valence-electron chi connectivity index (χ1n) is 4.81. The molecule has 2 rings (SSSR count). The Morgan fingerprint density at radius 3 is 2.25 bits per heavy atom. The fraction of sp³-hybridized carbons (Fsp3) is 0. The second-order valence-electron chi connectivity index (χ2n) is 3.34. The Labute approximate surface area is 97.3 Å². The van der Waals surface area contributed by atoms with Gasteiger partial charge in [0.25, 0.3) is 0 Å². The van der Waals surface area contributed by atoms with Crippen molar-refractivity contribution in [1.29, 1.82) is 0 Å². The Bertz CT molecular complexity index is 488. The molecule has 1 atom stereocenters. The number of hydrogen-bond acceptors (Lipinski definition) is 3. The predicted octanol–water partition coefficient (Wildman–Crippen LogP) is 2.02. The van der Waals surface area contributed by atoms with Crippen LogP contribution in [0.1, 0.15) is 0 Å². The van der Waals surface area contributed by atoms with Crippen molar-refractivity contribution >= 4 is 22.6 Å². The highest BCUT2D eigenvalue weighted by Crippen LogP contribution is 2.29. The van der Waals surface area contributed by atoms with E-state index >= 15 is 0 Å². The molecular formula is C12H12N2OS. The lowest BCUT2D eigenvalue weighted by atomic mass is 10.3. The fourth-order valence-corrected chi connectivity index (χ4v) is 2.57. The molecule has 0 fully saturated rings. The molecule has 0 radical (unpaired) electrons. The van der Waals surface area contributed by atoms with Gasteiger partial charge in [-0.05, 0) is 24.3 Å². The van der Waals surface area contributed by atoms with Crippen molar-refractivity contribution in [3.8, 4) is 0 Å². The van der Waals surface area contributed by atoms with Gasteiger partial charge in [-0.15, -0.1) is 0 Å². The summed E-state index contributed by atoms with van der Waals surface area (Å²) >= 11 is -1.27. The van der Waals surface area contributed by atoms with Crippen LogP contribution in [0, 0.1) is 0 Å². The van der Waals surface area contributed by atoms with Gasteiger partial charge < -0.3 is 16.0 Å². The van der Waals surface area contributed by atoms with E-state index in [2.05, 4.69) is 0 Å². The van der Waals surface area contributed by atoms with Gasteiger partial charge in [-0.1, -0.05) is 24.3 Å². The summed E-state index contributed by atoms with van der Waals surface area (Å²) in [6.45, 7) is 0. The topological polar surface area (TPSA) is 75.1 Å². The minimum Gasteiger partial charge on any atom is -0.606 e. The van der Waals surface area contributed by atoms with Gasteiger partial charge in [0.2, 0.25) is 0 Å². The third kappa shape index (κ3) is 1.98. The highest BCUT2D eigenvalue weighted by Gasteiger charge is 2.18. The largest absolute Gasteiger partial charge is 0.606 e. The van der Waals surface area contributed by atoms with Crippen LogP contribution in [0.25, 0.3) is 0 Å². The fourth-order valence-electron chi connectivity index (χ4n) is 1.39. The molecule has 0 aliphatic heterocycles. The number of anilines is 2. The first-order chi connectivity index (χ1) is 7.70. The number of benzene rings is 2. The Balaban J connectivity index is 2.42. The summed E-state index contributed by atoms with van der Waals surface area (Å²) in [5.74, 6) is 0. The van der Waals surface area contributed by atoms with Crippen molar-refractivity contribution in [2.75, 3.05) is 11.5 Å². The molecule has 16 heavy (non-hydrogen) atoms. The predicted molar refractivity (Wildman–Crippen MR) is 66.4 cm³/mol. The van der Waals surface area contributed by atoms with Gasteiger partial charge in [0.1, 0.15) is 5.69 Å². The lowest BCUT2D eigenvalue weighted by Crippen LogP contribution is -2.07. The average molecular weight is 232 g/mol. The zero-order valence-corrected chi connectivity index (χ0v) is 9.41. The van der Waals surface area contributed by atoms with E-state index in [-0.39, 0.29) is 0 Å². The van der Waals surface area contributed by atoms with E-state index in [1.54, 1.807) is 30.3 Å². The van der Waals surface area contributed by atoms with Crippen LogP contribution in [-0.2, 0) is 11.2 Å². The lowest BCUT2D eigenvalue weighted by molar-refractivity contribution is 0.595. The van der Waals surface area contributed by atoms with Crippen LogP contribution < -0.4 is 11.5 Å². The van der Waals surface area contributed by atoms with Crippen molar-refractivity contribution in [2.24, 2.45) is 0 Å². The standard InChI is InChI=1S/C12H12N2OS/c13-10-7-4-8-11(12(10)14)16(15)9-5-2-1-3-6-9/h1-8H,13-14H2. The minimum atomic E-state index is -1.27. The molecule has 3 nitrogen and oxygen atoms in total. The maximum Gasteiger partial charge on any atom is 0.183 e. The number of rotatable bonds is 2. The van der Waals surface area contributed by atoms with Crippen molar-refractivity contribution in [3.05, 3.63) is 48.5 Å². The molecule has 0 saturated heterocycles. The van der Waals surface area contributed by atoms with Crippen LogP contribution in [0.15, 0.2) is 58.3 Å². The molecule has 1 unspecified atom stereocenters. The summed E-state index contributed by atoms with van der Waals surface area (Å²) in [5.41, 5.74) is 12.3. The Morgan fingerprint density at radius 1 is 0.875 bits per heavy atom. The molecule has 0 aromatic heterocycles. The first-order valence-corrected chi connectivity index (χ1v) is 5.96. The molecule has 0 bridgehead atoms. The van der Waals surface area contributed by atoms with Crippen molar-refractivity contribution in [2.45, 2.75) is 9.79 Å². The molecule has 2 aromatic carbocycles. The van der Waals surface area contributed by atoms with Crippen molar-refractivity contribution in [1.82, 2.24) is 0 Å². The van der Waals surface area contributed by atoms with Crippen LogP contribution in [0.3, 0.4) is 0 Å². The van der Waals surface area contributed by atoms with E-state index < -0.39 is 11.2 Å². The number of nitrogen functional groups attached to an aromatic ring is 2. The first kappa shape index (κ1) is 10.9. The average Bonchev–Trinajstić information content (AvgIpc) is 2.33.